The molecule has 0 aliphatic heterocycles. The lowest BCUT2D eigenvalue weighted by molar-refractivity contribution is -0.148. The van der Waals surface area contributed by atoms with Crippen LogP contribution >= 0.6 is 0 Å². The predicted octanol–water partition coefficient (Wildman–Crippen LogP) is 7.55. The molecule has 0 N–H and O–H groups in total. The van der Waals surface area contributed by atoms with Gasteiger partial charge in [0.25, 0.3) is 0 Å². The van der Waals surface area contributed by atoms with Crippen molar-refractivity contribution in [1.82, 2.24) is 0 Å². The fraction of sp³-hybridized carbons (Fsp3) is 0.625. The van der Waals surface area contributed by atoms with E-state index in [-0.39, 0.29) is 12.1 Å². The number of hydrogen-bond acceptors (Lipinski definition) is 2. The first-order chi connectivity index (χ1) is 12.7. The van der Waals surface area contributed by atoms with E-state index in [4.69, 9.17) is 4.74 Å². The molecule has 1 rings (SSSR count). The Hall–Kier alpha value is -1.57. The zero-order valence-electron chi connectivity index (χ0n) is 16.9. The molecule has 1 atom stereocenters. The van der Waals surface area contributed by atoms with Gasteiger partial charge >= 0.3 is 5.97 Å². The zero-order valence-corrected chi connectivity index (χ0v) is 16.9. The summed E-state index contributed by atoms with van der Waals surface area (Å²) in [4.78, 5) is 11.9. The Balaban J connectivity index is 1.92. The van der Waals surface area contributed by atoms with Crippen LogP contribution in [0.15, 0.2) is 42.5 Å². The molecule has 0 bridgehead atoms. The van der Waals surface area contributed by atoms with Gasteiger partial charge in [-0.1, -0.05) is 87.9 Å². The minimum atomic E-state index is -0.155. The van der Waals surface area contributed by atoms with Gasteiger partial charge in [0.15, 0.2) is 0 Å². The van der Waals surface area contributed by atoms with Crippen LogP contribution in [-0.4, -0.2) is 5.97 Å². The predicted molar refractivity (Wildman–Crippen MR) is 111 cm³/mol. The SMILES string of the molecule is CCCCCC/C=C\CCCCCCCC(=O)OC(C)c1ccccc1. The highest BCUT2D eigenvalue weighted by Gasteiger charge is 2.10. The van der Waals surface area contributed by atoms with Crippen LogP contribution in [0.5, 0.6) is 0 Å². The van der Waals surface area contributed by atoms with E-state index >= 15 is 0 Å². The lowest BCUT2D eigenvalue weighted by atomic mass is 10.1. The van der Waals surface area contributed by atoms with Gasteiger partial charge in [0.05, 0.1) is 0 Å². The number of benzene rings is 1. The largest absolute Gasteiger partial charge is 0.458 e. The molecule has 1 aromatic carbocycles. The number of carbonyl (C=O) groups is 1. The second-order valence-corrected chi connectivity index (χ2v) is 7.17. The molecule has 0 fully saturated rings. The minimum Gasteiger partial charge on any atom is -0.458 e. The number of unbranched alkanes of at least 4 members (excludes halogenated alkanes) is 9. The summed E-state index contributed by atoms with van der Waals surface area (Å²) in [6.45, 7) is 4.19. The van der Waals surface area contributed by atoms with Crippen molar-refractivity contribution < 1.29 is 9.53 Å². The maximum atomic E-state index is 11.9. The van der Waals surface area contributed by atoms with E-state index in [2.05, 4.69) is 19.1 Å². The summed E-state index contributed by atoms with van der Waals surface area (Å²) >= 11 is 0. The highest BCUT2D eigenvalue weighted by atomic mass is 16.5. The molecule has 0 saturated carbocycles. The number of rotatable bonds is 15. The van der Waals surface area contributed by atoms with Crippen molar-refractivity contribution in [2.45, 2.75) is 97.0 Å². The third-order valence-electron chi connectivity index (χ3n) is 4.72. The molecule has 2 nitrogen and oxygen atoms in total. The maximum absolute atomic E-state index is 11.9. The Morgan fingerprint density at radius 1 is 0.885 bits per heavy atom. The van der Waals surface area contributed by atoms with Crippen molar-refractivity contribution in [2.24, 2.45) is 0 Å². The molecular formula is C24H38O2. The third-order valence-corrected chi connectivity index (χ3v) is 4.72. The van der Waals surface area contributed by atoms with Crippen LogP contribution < -0.4 is 0 Å². The molecule has 146 valence electrons. The minimum absolute atomic E-state index is 0.0765. The number of esters is 1. The molecule has 0 aromatic heterocycles. The molecule has 26 heavy (non-hydrogen) atoms. The maximum Gasteiger partial charge on any atom is 0.306 e. The average Bonchev–Trinajstić information content (AvgIpc) is 2.66. The third kappa shape index (κ3) is 11.9. The van der Waals surface area contributed by atoms with Crippen LogP contribution in [0.3, 0.4) is 0 Å². The van der Waals surface area contributed by atoms with Crippen LogP contribution in [0.1, 0.15) is 103 Å². The van der Waals surface area contributed by atoms with Gasteiger partial charge in [-0.3, -0.25) is 4.79 Å². The topological polar surface area (TPSA) is 26.3 Å². The summed E-state index contributed by atoms with van der Waals surface area (Å²) in [6.07, 6.45) is 18.7. The molecule has 1 aromatic rings. The molecule has 0 radical (unpaired) electrons. The molecule has 0 heterocycles. The molecule has 0 spiro atoms. The quantitative estimate of drug-likeness (QED) is 0.184. The van der Waals surface area contributed by atoms with Crippen molar-refractivity contribution >= 4 is 5.97 Å². The lowest BCUT2D eigenvalue weighted by Crippen LogP contribution is -2.08. The van der Waals surface area contributed by atoms with Gasteiger partial charge in [0.1, 0.15) is 6.10 Å². The molecular weight excluding hydrogens is 320 g/mol. The number of ether oxygens (including phenoxy) is 1. The van der Waals surface area contributed by atoms with Crippen LogP contribution in [0.2, 0.25) is 0 Å². The Morgan fingerprint density at radius 3 is 2.12 bits per heavy atom. The summed E-state index contributed by atoms with van der Waals surface area (Å²) in [7, 11) is 0. The molecule has 0 aliphatic rings. The first-order valence-electron chi connectivity index (χ1n) is 10.6. The number of allylic oxidation sites excluding steroid dienone is 2. The average molecular weight is 359 g/mol. The molecule has 1 unspecified atom stereocenters. The summed E-state index contributed by atoms with van der Waals surface area (Å²) in [5, 5.41) is 0. The lowest BCUT2D eigenvalue weighted by Gasteiger charge is -2.13. The van der Waals surface area contributed by atoms with Crippen molar-refractivity contribution in [3.05, 3.63) is 48.0 Å². The fourth-order valence-corrected chi connectivity index (χ4v) is 3.03. The highest BCUT2D eigenvalue weighted by Crippen LogP contribution is 2.17. The van der Waals surface area contributed by atoms with Gasteiger partial charge in [-0.15, -0.1) is 0 Å². The number of carbonyl (C=O) groups excluding carboxylic acids is 1. The zero-order chi connectivity index (χ0) is 18.9. The van der Waals surface area contributed by atoms with E-state index in [1.165, 1.54) is 57.8 Å². The van der Waals surface area contributed by atoms with Gasteiger partial charge in [-0.2, -0.15) is 0 Å². The number of hydrogen-bond donors (Lipinski definition) is 0. The summed E-state index contributed by atoms with van der Waals surface area (Å²) in [5.74, 6) is -0.0765. The van der Waals surface area contributed by atoms with E-state index < -0.39 is 0 Å². The standard InChI is InChI=1S/C24H38O2/c1-3-4-5-6-7-8-9-10-11-12-13-14-18-21-24(25)26-22(2)23-19-16-15-17-20-23/h8-9,15-17,19-20,22H,3-7,10-14,18,21H2,1-2H3/b9-8-. The van der Waals surface area contributed by atoms with Crippen LogP contribution in [-0.2, 0) is 9.53 Å². The van der Waals surface area contributed by atoms with Gasteiger partial charge in [0, 0.05) is 6.42 Å². The van der Waals surface area contributed by atoms with Gasteiger partial charge in [-0.25, -0.2) is 0 Å². The smallest absolute Gasteiger partial charge is 0.306 e. The molecule has 0 amide bonds. The second-order valence-electron chi connectivity index (χ2n) is 7.17. The van der Waals surface area contributed by atoms with Gasteiger partial charge in [-0.05, 0) is 44.6 Å². The van der Waals surface area contributed by atoms with Crippen molar-refractivity contribution in [2.75, 3.05) is 0 Å². The first-order valence-corrected chi connectivity index (χ1v) is 10.6. The normalized spacial score (nSPS) is 12.4. The van der Waals surface area contributed by atoms with Gasteiger partial charge in [0.2, 0.25) is 0 Å². The summed E-state index contributed by atoms with van der Waals surface area (Å²) in [6, 6.07) is 9.92. The Labute approximate surface area is 161 Å². The molecule has 0 aliphatic carbocycles. The van der Waals surface area contributed by atoms with Crippen molar-refractivity contribution in [3.8, 4) is 0 Å². The second kappa shape index (κ2) is 15.7. The molecule has 0 saturated heterocycles. The van der Waals surface area contributed by atoms with Crippen LogP contribution in [0.25, 0.3) is 0 Å². The van der Waals surface area contributed by atoms with Crippen LogP contribution in [0, 0.1) is 0 Å². The highest BCUT2D eigenvalue weighted by molar-refractivity contribution is 5.69. The Morgan fingerprint density at radius 2 is 1.46 bits per heavy atom. The van der Waals surface area contributed by atoms with Crippen LogP contribution in [0.4, 0.5) is 0 Å². The fourth-order valence-electron chi connectivity index (χ4n) is 3.03. The Bertz CT molecular complexity index is 478. The van der Waals surface area contributed by atoms with E-state index in [0.29, 0.717) is 6.42 Å². The first kappa shape index (κ1) is 22.5. The summed E-state index contributed by atoms with van der Waals surface area (Å²) in [5.41, 5.74) is 1.05. The Kier molecular flexibility index (Phi) is 13.5. The summed E-state index contributed by atoms with van der Waals surface area (Å²) < 4.78 is 5.50. The van der Waals surface area contributed by atoms with E-state index in [9.17, 15) is 4.79 Å². The van der Waals surface area contributed by atoms with E-state index in [0.717, 1.165) is 18.4 Å². The van der Waals surface area contributed by atoms with Crippen molar-refractivity contribution in [1.29, 1.82) is 0 Å². The van der Waals surface area contributed by atoms with E-state index in [1.54, 1.807) is 0 Å². The van der Waals surface area contributed by atoms with Crippen molar-refractivity contribution in [3.63, 3.8) is 0 Å². The van der Waals surface area contributed by atoms with Gasteiger partial charge < -0.3 is 4.74 Å². The monoisotopic (exact) mass is 358 g/mol. The van der Waals surface area contributed by atoms with E-state index in [1.807, 2.05) is 37.3 Å². The molecule has 2 heteroatoms.